The van der Waals surface area contributed by atoms with Crippen molar-refractivity contribution in [2.75, 3.05) is 5.73 Å². The van der Waals surface area contributed by atoms with Crippen LogP contribution in [0.3, 0.4) is 0 Å². The SMILES string of the molecule is Nc1ccc(Cl)c(Sc2cnc(Cl)cn2)n1. The van der Waals surface area contributed by atoms with Gasteiger partial charge in [-0.25, -0.2) is 15.0 Å². The lowest BCUT2D eigenvalue weighted by Crippen LogP contribution is -1.92. The average molecular weight is 273 g/mol. The van der Waals surface area contributed by atoms with Crippen LogP contribution in [0.25, 0.3) is 0 Å². The maximum atomic E-state index is 5.96. The number of pyridine rings is 1. The molecule has 0 aliphatic carbocycles. The van der Waals surface area contributed by atoms with Gasteiger partial charge in [-0.3, -0.25) is 0 Å². The highest BCUT2D eigenvalue weighted by atomic mass is 35.5. The number of hydrogen-bond donors (Lipinski definition) is 1. The van der Waals surface area contributed by atoms with Crippen molar-refractivity contribution in [3.8, 4) is 0 Å². The summed E-state index contributed by atoms with van der Waals surface area (Å²) in [5.41, 5.74) is 5.57. The van der Waals surface area contributed by atoms with Gasteiger partial charge < -0.3 is 5.73 Å². The van der Waals surface area contributed by atoms with Crippen molar-refractivity contribution in [3.05, 3.63) is 34.7 Å². The predicted molar refractivity (Wildman–Crippen MR) is 64.8 cm³/mol. The van der Waals surface area contributed by atoms with Crippen LogP contribution in [0.15, 0.2) is 34.6 Å². The first-order valence-electron chi connectivity index (χ1n) is 4.22. The monoisotopic (exact) mass is 272 g/mol. The summed E-state index contributed by atoms with van der Waals surface area (Å²) in [5.74, 6) is 0.411. The van der Waals surface area contributed by atoms with Gasteiger partial charge in [0.15, 0.2) is 0 Å². The van der Waals surface area contributed by atoms with E-state index >= 15 is 0 Å². The topological polar surface area (TPSA) is 64.7 Å². The first-order valence-corrected chi connectivity index (χ1v) is 5.80. The second kappa shape index (κ2) is 4.86. The second-order valence-corrected chi connectivity index (χ2v) is 4.61. The summed E-state index contributed by atoms with van der Waals surface area (Å²) >= 11 is 12.9. The van der Waals surface area contributed by atoms with Crippen molar-refractivity contribution < 1.29 is 0 Å². The lowest BCUT2D eigenvalue weighted by Gasteiger charge is -2.02. The third-order valence-corrected chi connectivity index (χ3v) is 3.17. The van der Waals surface area contributed by atoms with Gasteiger partial charge in [0.05, 0.1) is 17.4 Å². The van der Waals surface area contributed by atoms with Crippen molar-refractivity contribution in [2.24, 2.45) is 0 Å². The maximum Gasteiger partial charge on any atom is 0.147 e. The Morgan fingerprint density at radius 1 is 1.12 bits per heavy atom. The molecule has 7 heteroatoms. The Labute approximate surface area is 106 Å². The third kappa shape index (κ3) is 2.75. The van der Waals surface area contributed by atoms with Crippen molar-refractivity contribution in [1.29, 1.82) is 0 Å². The van der Waals surface area contributed by atoms with E-state index in [1.54, 1.807) is 18.3 Å². The van der Waals surface area contributed by atoms with E-state index in [9.17, 15) is 0 Å². The zero-order valence-electron chi connectivity index (χ0n) is 7.89. The molecule has 0 aliphatic heterocycles. The van der Waals surface area contributed by atoms with E-state index in [0.717, 1.165) is 0 Å². The van der Waals surface area contributed by atoms with Gasteiger partial charge in [0.2, 0.25) is 0 Å². The lowest BCUT2D eigenvalue weighted by molar-refractivity contribution is 1.04. The van der Waals surface area contributed by atoms with Crippen LogP contribution < -0.4 is 5.73 Å². The normalized spacial score (nSPS) is 10.4. The van der Waals surface area contributed by atoms with Gasteiger partial charge in [-0.05, 0) is 23.9 Å². The fourth-order valence-corrected chi connectivity index (χ4v) is 2.01. The van der Waals surface area contributed by atoms with Crippen molar-refractivity contribution in [3.63, 3.8) is 0 Å². The number of aromatic nitrogens is 3. The van der Waals surface area contributed by atoms with Crippen molar-refractivity contribution >= 4 is 40.8 Å². The highest BCUT2D eigenvalue weighted by Gasteiger charge is 2.06. The Bertz CT molecular complexity index is 503. The van der Waals surface area contributed by atoms with Crippen molar-refractivity contribution in [2.45, 2.75) is 10.1 Å². The lowest BCUT2D eigenvalue weighted by atomic mass is 10.5. The van der Waals surface area contributed by atoms with Crippen molar-refractivity contribution in [1.82, 2.24) is 15.0 Å². The molecule has 4 nitrogen and oxygen atoms in total. The summed E-state index contributed by atoms with van der Waals surface area (Å²) in [7, 11) is 0. The highest BCUT2D eigenvalue weighted by Crippen LogP contribution is 2.30. The van der Waals surface area contributed by atoms with Crippen LogP contribution in [-0.4, -0.2) is 15.0 Å². The molecule has 0 aliphatic rings. The van der Waals surface area contributed by atoms with Gasteiger partial charge >= 0.3 is 0 Å². The van der Waals surface area contributed by atoms with E-state index in [-0.39, 0.29) is 0 Å². The van der Waals surface area contributed by atoms with E-state index in [0.29, 0.717) is 26.0 Å². The molecular formula is C9H6Cl2N4S. The predicted octanol–water partition coefficient (Wildman–Crippen LogP) is 2.91. The Balaban J connectivity index is 2.26. The minimum Gasteiger partial charge on any atom is -0.384 e. The number of anilines is 1. The summed E-state index contributed by atoms with van der Waals surface area (Å²) in [4.78, 5) is 12.1. The molecule has 0 unspecified atom stereocenters. The van der Waals surface area contributed by atoms with Crippen LogP contribution in [-0.2, 0) is 0 Å². The quantitative estimate of drug-likeness (QED) is 0.911. The molecule has 82 valence electrons. The van der Waals surface area contributed by atoms with Gasteiger partial charge in [0.25, 0.3) is 0 Å². The molecule has 0 saturated heterocycles. The van der Waals surface area contributed by atoms with E-state index in [1.165, 1.54) is 18.0 Å². The summed E-state index contributed by atoms with van der Waals surface area (Å²) in [6.45, 7) is 0. The van der Waals surface area contributed by atoms with Crippen LogP contribution in [0.4, 0.5) is 5.82 Å². The molecule has 0 atom stereocenters. The van der Waals surface area contributed by atoms with Gasteiger partial charge in [-0.1, -0.05) is 23.2 Å². The number of nitrogens with two attached hydrogens (primary N) is 1. The summed E-state index contributed by atoms with van der Waals surface area (Å²) in [6.07, 6.45) is 3.01. The molecule has 16 heavy (non-hydrogen) atoms. The summed E-state index contributed by atoms with van der Waals surface area (Å²) in [6, 6.07) is 3.33. The van der Waals surface area contributed by atoms with E-state index in [4.69, 9.17) is 28.9 Å². The number of halogens is 2. The first-order chi connectivity index (χ1) is 7.65. The Kier molecular flexibility index (Phi) is 3.48. The van der Waals surface area contributed by atoms with Crippen LogP contribution in [0.2, 0.25) is 10.2 Å². The third-order valence-electron chi connectivity index (χ3n) is 1.63. The molecule has 2 N–H and O–H groups in total. The fourth-order valence-electron chi connectivity index (χ4n) is 0.962. The van der Waals surface area contributed by atoms with Gasteiger partial charge in [0.1, 0.15) is 21.0 Å². The number of rotatable bonds is 2. The maximum absolute atomic E-state index is 5.96. The molecule has 0 saturated carbocycles. The van der Waals surface area contributed by atoms with Gasteiger partial charge in [-0.2, -0.15) is 0 Å². The molecule has 2 rings (SSSR count). The van der Waals surface area contributed by atoms with Gasteiger partial charge in [0, 0.05) is 0 Å². The molecule has 0 aromatic carbocycles. The van der Waals surface area contributed by atoms with E-state index < -0.39 is 0 Å². The average Bonchev–Trinajstić information content (AvgIpc) is 2.27. The Hall–Kier alpha value is -1.04. The van der Waals surface area contributed by atoms with Crippen LogP contribution in [0, 0.1) is 0 Å². The number of nitrogen functional groups attached to an aromatic ring is 1. The fraction of sp³-hybridized carbons (Fsp3) is 0. The minimum absolute atomic E-state index is 0.344. The number of hydrogen-bond acceptors (Lipinski definition) is 5. The first kappa shape index (κ1) is 11.4. The molecule has 2 aromatic rings. The molecule has 0 radical (unpaired) electrons. The van der Waals surface area contributed by atoms with Crippen LogP contribution in [0.5, 0.6) is 0 Å². The second-order valence-electron chi connectivity index (χ2n) is 2.80. The van der Waals surface area contributed by atoms with E-state index in [1.807, 2.05) is 0 Å². The Morgan fingerprint density at radius 3 is 2.62 bits per heavy atom. The summed E-state index contributed by atoms with van der Waals surface area (Å²) < 4.78 is 0. The van der Waals surface area contributed by atoms with Crippen LogP contribution in [0.1, 0.15) is 0 Å². The highest BCUT2D eigenvalue weighted by molar-refractivity contribution is 7.99. The molecule has 0 amide bonds. The number of nitrogens with zero attached hydrogens (tertiary/aromatic N) is 3. The zero-order chi connectivity index (χ0) is 11.5. The molecule has 2 heterocycles. The molecule has 0 bridgehead atoms. The Morgan fingerprint density at radius 2 is 1.94 bits per heavy atom. The summed E-state index contributed by atoms with van der Waals surface area (Å²) in [5, 5.41) is 2.12. The van der Waals surface area contributed by atoms with E-state index in [2.05, 4.69) is 15.0 Å². The smallest absolute Gasteiger partial charge is 0.147 e. The standard InChI is InChI=1S/C9H6Cl2N4S/c10-5-1-2-7(12)15-9(5)16-8-4-13-6(11)3-14-8/h1-4H,(H2,12,15). The molecule has 2 aromatic heterocycles. The molecule has 0 fully saturated rings. The molecular weight excluding hydrogens is 267 g/mol. The molecule has 0 spiro atoms. The van der Waals surface area contributed by atoms with Crippen LogP contribution >= 0.6 is 35.0 Å². The largest absolute Gasteiger partial charge is 0.384 e. The minimum atomic E-state index is 0.344. The zero-order valence-corrected chi connectivity index (χ0v) is 10.2. The van der Waals surface area contributed by atoms with Gasteiger partial charge in [-0.15, -0.1) is 0 Å².